The second kappa shape index (κ2) is 7.79. The average molecular weight is 358 g/mol. The van der Waals surface area contributed by atoms with E-state index >= 15 is 0 Å². The maximum absolute atomic E-state index is 13.0. The molecule has 0 aliphatic rings. The molecular weight excluding hydrogens is 332 g/mol. The fourth-order valence-electron chi connectivity index (χ4n) is 4.75. The SMILES string of the molecule is CCC(C(=O)O)(c1ccccc1)C(CC)(c1ccccc1)c1ccccc1. The van der Waals surface area contributed by atoms with Gasteiger partial charge in [0.2, 0.25) is 0 Å². The highest BCUT2D eigenvalue weighted by molar-refractivity contribution is 5.85. The molecule has 0 fully saturated rings. The van der Waals surface area contributed by atoms with E-state index in [9.17, 15) is 9.90 Å². The fraction of sp³-hybridized carbons (Fsp3) is 0.240. The topological polar surface area (TPSA) is 37.3 Å². The molecule has 1 atom stereocenters. The molecule has 0 aliphatic heterocycles. The van der Waals surface area contributed by atoms with Crippen LogP contribution in [-0.4, -0.2) is 11.1 Å². The molecule has 0 saturated heterocycles. The number of hydrogen-bond acceptors (Lipinski definition) is 1. The first-order valence-electron chi connectivity index (χ1n) is 9.53. The summed E-state index contributed by atoms with van der Waals surface area (Å²) in [7, 11) is 0. The van der Waals surface area contributed by atoms with E-state index in [0.29, 0.717) is 12.8 Å². The Morgan fingerprint density at radius 3 is 1.33 bits per heavy atom. The van der Waals surface area contributed by atoms with Crippen molar-refractivity contribution in [1.82, 2.24) is 0 Å². The molecule has 1 unspecified atom stereocenters. The molecule has 3 rings (SSSR count). The molecule has 3 aromatic rings. The summed E-state index contributed by atoms with van der Waals surface area (Å²) in [5.74, 6) is -0.786. The molecule has 27 heavy (non-hydrogen) atoms. The smallest absolute Gasteiger partial charge is 0.315 e. The van der Waals surface area contributed by atoms with Gasteiger partial charge in [0.25, 0.3) is 0 Å². The quantitative estimate of drug-likeness (QED) is 0.578. The van der Waals surface area contributed by atoms with Crippen molar-refractivity contribution in [3.63, 3.8) is 0 Å². The number of benzene rings is 3. The van der Waals surface area contributed by atoms with Gasteiger partial charge in [0.05, 0.1) is 0 Å². The minimum Gasteiger partial charge on any atom is -0.481 e. The summed E-state index contributed by atoms with van der Waals surface area (Å²) in [5.41, 5.74) is 1.15. The molecule has 3 aromatic carbocycles. The first kappa shape index (κ1) is 18.9. The fourth-order valence-corrected chi connectivity index (χ4v) is 4.75. The molecular formula is C25H26O2. The third-order valence-electron chi connectivity index (χ3n) is 5.95. The number of carboxylic acid groups (broad SMARTS) is 1. The monoisotopic (exact) mass is 358 g/mol. The molecule has 1 N–H and O–H groups in total. The van der Waals surface area contributed by atoms with Gasteiger partial charge < -0.3 is 5.11 Å². The summed E-state index contributed by atoms with van der Waals surface area (Å²) < 4.78 is 0. The van der Waals surface area contributed by atoms with Gasteiger partial charge in [-0.1, -0.05) is 105 Å². The zero-order chi connectivity index (χ0) is 19.3. The molecule has 0 bridgehead atoms. The van der Waals surface area contributed by atoms with Crippen molar-refractivity contribution in [2.24, 2.45) is 0 Å². The highest BCUT2D eigenvalue weighted by Gasteiger charge is 2.57. The van der Waals surface area contributed by atoms with Gasteiger partial charge in [-0.15, -0.1) is 0 Å². The van der Waals surface area contributed by atoms with Crippen molar-refractivity contribution in [2.45, 2.75) is 37.5 Å². The van der Waals surface area contributed by atoms with Crippen molar-refractivity contribution < 1.29 is 9.90 Å². The average Bonchev–Trinajstić information content (AvgIpc) is 2.74. The van der Waals surface area contributed by atoms with E-state index < -0.39 is 16.8 Å². The molecule has 138 valence electrons. The van der Waals surface area contributed by atoms with E-state index in [1.807, 2.05) is 73.7 Å². The Morgan fingerprint density at radius 2 is 1.04 bits per heavy atom. The predicted octanol–water partition coefficient (Wildman–Crippen LogP) is 5.82. The van der Waals surface area contributed by atoms with Crippen LogP contribution in [0.5, 0.6) is 0 Å². The molecule has 2 heteroatoms. The Morgan fingerprint density at radius 1 is 0.667 bits per heavy atom. The third-order valence-corrected chi connectivity index (χ3v) is 5.95. The lowest BCUT2D eigenvalue weighted by atomic mass is 9.52. The number of hydrogen-bond donors (Lipinski definition) is 1. The van der Waals surface area contributed by atoms with Crippen LogP contribution in [0.3, 0.4) is 0 Å². The first-order chi connectivity index (χ1) is 13.1. The van der Waals surface area contributed by atoms with Gasteiger partial charge >= 0.3 is 5.97 Å². The highest BCUT2D eigenvalue weighted by Crippen LogP contribution is 2.53. The largest absolute Gasteiger partial charge is 0.481 e. The summed E-state index contributed by atoms with van der Waals surface area (Å²) in [6.45, 7) is 4.08. The van der Waals surface area contributed by atoms with Crippen LogP contribution in [0.4, 0.5) is 0 Å². The summed E-state index contributed by atoms with van der Waals surface area (Å²) in [4.78, 5) is 13.0. The van der Waals surface area contributed by atoms with Crippen molar-refractivity contribution >= 4 is 5.97 Å². The maximum atomic E-state index is 13.0. The van der Waals surface area contributed by atoms with Crippen LogP contribution < -0.4 is 0 Å². The summed E-state index contributed by atoms with van der Waals surface area (Å²) in [6.07, 6.45) is 1.17. The van der Waals surface area contributed by atoms with Gasteiger partial charge in [-0.3, -0.25) is 4.79 Å². The van der Waals surface area contributed by atoms with E-state index in [1.54, 1.807) is 0 Å². The molecule has 0 saturated carbocycles. The van der Waals surface area contributed by atoms with Gasteiger partial charge in [-0.2, -0.15) is 0 Å². The third kappa shape index (κ3) is 2.86. The van der Waals surface area contributed by atoms with Gasteiger partial charge in [0, 0.05) is 5.41 Å². The van der Waals surface area contributed by atoms with Gasteiger partial charge in [0.1, 0.15) is 5.41 Å². The Hall–Kier alpha value is -2.87. The predicted molar refractivity (Wildman–Crippen MR) is 110 cm³/mol. The van der Waals surface area contributed by atoms with Crippen molar-refractivity contribution in [3.8, 4) is 0 Å². The Bertz CT molecular complexity index is 832. The second-order valence-electron chi connectivity index (χ2n) is 6.92. The van der Waals surface area contributed by atoms with Crippen molar-refractivity contribution in [3.05, 3.63) is 108 Å². The molecule has 0 radical (unpaired) electrons. The maximum Gasteiger partial charge on any atom is 0.315 e. The molecule has 0 spiro atoms. The highest BCUT2D eigenvalue weighted by atomic mass is 16.4. The van der Waals surface area contributed by atoms with Crippen LogP contribution in [0.1, 0.15) is 43.4 Å². The van der Waals surface area contributed by atoms with E-state index in [2.05, 4.69) is 31.2 Å². The molecule has 2 nitrogen and oxygen atoms in total. The zero-order valence-corrected chi connectivity index (χ0v) is 15.9. The van der Waals surface area contributed by atoms with Gasteiger partial charge in [0.15, 0.2) is 0 Å². The van der Waals surface area contributed by atoms with Crippen molar-refractivity contribution in [2.75, 3.05) is 0 Å². The summed E-state index contributed by atoms with van der Waals surface area (Å²) in [6, 6.07) is 29.9. The number of carbonyl (C=O) groups is 1. The van der Waals surface area contributed by atoms with Crippen LogP contribution in [0.2, 0.25) is 0 Å². The molecule has 0 aliphatic carbocycles. The lowest BCUT2D eigenvalue weighted by molar-refractivity contribution is -0.147. The van der Waals surface area contributed by atoms with Gasteiger partial charge in [-0.25, -0.2) is 0 Å². The Labute approximate surface area is 161 Å². The zero-order valence-electron chi connectivity index (χ0n) is 15.9. The van der Waals surface area contributed by atoms with Gasteiger partial charge in [-0.05, 0) is 29.5 Å². The standard InChI is InChI=1S/C25H26O2/c1-3-24(20-14-8-5-9-15-20,21-16-10-6-11-17-21)25(4-2,23(26)27)22-18-12-7-13-19-22/h5-19H,3-4H2,1-2H3,(H,26,27). The number of rotatable bonds is 7. The Kier molecular flexibility index (Phi) is 5.46. The second-order valence-corrected chi connectivity index (χ2v) is 6.92. The lowest BCUT2D eigenvalue weighted by Gasteiger charge is -2.49. The van der Waals surface area contributed by atoms with E-state index in [0.717, 1.165) is 16.7 Å². The molecule has 0 amide bonds. The first-order valence-corrected chi connectivity index (χ1v) is 9.53. The minimum atomic E-state index is -1.08. The lowest BCUT2D eigenvalue weighted by Crippen LogP contribution is -2.54. The summed E-state index contributed by atoms with van der Waals surface area (Å²) in [5, 5.41) is 10.7. The van der Waals surface area contributed by atoms with Crippen LogP contribution in [-0.2, 0) is 15.6 Å². The van der Waals surface area contributed by atoms with Crippen LogP contribution >= 0.6 is 0 Å². The number of aliphatic carboxylic acids is 1. The van der Waals surface area contributed by atoms with E-state index in [4.69, 9.17) is 0 Å². The summed E-state index contributed by atoms with van der Waals surface area (Å²) >= 11 is 0. The van der Waals surface area contributed by atoms with Crippen LogP contribution in [0.15, 0.2) is 91.0 Å². The van der Waals surface area contributed by atoms with Crippen LogP contribution in [0.25, 0.3) is 0 Å². The molecule has 0 aromatic heterocycles. The normalized spacial score (nSPS) is 13.7. The van der Waals surface area contributed by atoms with E-state index in [-0.39, 0.29) is 0 Å². The van der Waals surface area contributed by atoms with E-state index in [1.165, 1.54) is 0 Å². The van der Waals surface area contributed by atoms with Crippen LogP contribution in [0, 0.1) is 0 Å². The molecule has 0 heterocycles. The Balaban J connectivity index is 2.46. The van der Waals surface area contributed by atoms with Crippen molar-refractivity contribution in [1.29, 1.82) is 0 Å². The number of carboxylic acids is 1. The minimum absolute atomic E-state index is 0.490.